The van der Waals surface area contributed by atoms with Crippen LogP contribution in [0.25, 0.3) is 60.9 Å². The van der Waals surface area contributed by atoms with Crippen LogP contribution >= 0.6 is 68.0 Å². The summed E-state index contributed by atoms with van der Waals surface area (Å²) in [5.41, 5.74) is 2.71. The van der Waals surface area contributed by atoms with E-state index < -0.39 is 0 Å². The standard InChI is InChI=1S/C30H22O2S6/c1-13-6-8-20(33-13)24-18-10-15(3)35-27(18)28-19(25(24)21-9-7-14(2)34-21)12-22(37-28)29-26-17(16(4)36-29)11-23(38-26)30(31)32-5/h6-12H,1-5H3. The van der Waals surface area contributed by atoms with Crippen molar-refractivity contribution in [1.29, 1.82) is 0 Å². The SMILES string of the molecule is COC(=O)c1cc2c(C)sc(-c3cc4c(-c5ccc(C)s5)c(-c5ccc(C)s5)c5cc(C)sc5c4s3)c2s1. The average molecular weight is 607 g/mol. The Bertz CT molecular complexity index is 2030. The number of carbonyl (C=O) groups is 1. The third-order valence-electron chi connectivity index (χ3n) is 6.74. The quantitative estimate of drug-likeness (QED) is 0.186. The van der Waals surface area contributed by atoms with Crippen molar-refractivity contribution < 1.29 is 9.53 Å². The van der Waals surface area contributed by atoms with Crippen molar-refractivity contribution in [2.24, 2.45) is 0 Å². The fourth-order valence-electron chi connectivity index (χ4n) is 5.08. The third kappa shape index (κ3) is 3.77. The second-order valence-electron chi connectivity index (χ2n) is 9.36. The largest absolute Gasteiger partial charge is 0.465 e. The Hall–Kier alpha value is -2.33. The van der Waals surface area contributed by atoms with Gasteiger partial charge < -0.3 is 4.74 Å². The molecule has 2 nitrogen and oxygen atoms in total. The summed E-state index contributed by atoms with van der Waals surface area (Å²) < 4.78 is 8.93. The van der Waals surface area contributed by atoms with Crippen LogP contribution < -0.4 is 0 Å². The highest BCUT2D eigenvalue weighted by Gasteiger charge is 2.25. The summed E-state index contributed by atoms with van der Waals surface area (Å²) in [7, 11) is 1.45. The number of carbonyl (C=O) groups excluding carboxylic acids is 1. The summed E-state index contributed by atoms with van der Waals surface area (Å²) in [4.78, 5) is 23.4. The van der Waals surface area contributed by atoms with Gasteiger partial charge in [-0.1, -0.05) is 0 Å². The van der Waals surface area contributed by atoms with Gasteiger partial charge in [-0.2, -0.15) is 0 Å². The molecular weight excluding hydrogens is 585 g/mol. The summed E-state index contributed by atoms with van der Waals surface area (Å²) in [6, 6.07) is 15.8. The number of thiophene rings is 6. The second kappa shape index (κ2) is 9.11. The molecule has 0 aliphatic carbocycles. The molecule has 7 rings (SSSR count). The first-order valence-corrected chi connectivity index (χ1v) is 17.0. The van der Waals surface area contributed by atoms with Crippen LogP contribution in [-0.2, 0) is 4.74 Å². The highest BCUT2D eigenvalue weighted by Crippen LogP contribution is 2.54. The van der Waals surface area contributed by atoms with Crippen LogP contribution in [0.5, 0.6) is 0 Å². The first-order valence-electron chi connectivity index (χ1n) is 12.1. The zero-order valence-electron chi connectivity index (χ0n) is 21.3. The van der Waals surface area contributed by atoms with Gasteiger partial charge in [-0.3, -0.25) is 0 Å². The minimum Gasteiger partial charge on any atom is -0.465 e. The molecule has 0 saturated heterocycles. The van der Waals surface area contributed by atoms with E-state index in [-0.39, 0.29) is 5.97 Å². The Labute approximate surface area is 244 Å². The molecule has 0 bridgehead atoms. The number of esters is 1. The maximum Gasteiger partial charge on any atom is 0.348 e. The Kier molecular flexibility index (Phi) is 5.92. The Morgan fingerprint density at radius 1 is 0.605 bits per heavy atom. The lowest BCUT2D eigenvalue weighted by molar-refractivity contribution is 0.0606. The van der Waals surface area contributed by atoms with Gasteiger partial charge in [-0.05, 0) is 70.2 Å². The van der Waals surface area contributed by atoms with E-state index in [0.29, 0.717) is 4.88 Å². The fraction of sp³-hybridized carbons (Fsp3) is 0.167. The van der Waals surface area contributed by atoms with E-state index in [1.807, 2.05) is 62.8 Å². The number of rotatable bonds is 4. The van der Waals surface area contributed by atoms with Gasteiger partial charge in [-0.25, -0.2) is 4.79 Å². The number of aryl methyl sites for hydroxylation is 4. The van der Waals surface area contributed by atoms with Crippen molar-refractivity contribution in [3.05, 3.63) is 66.9 Å². The number of benzene rings is 1. The molecule has 0 unspecified atom stereocenters. The topological polar surface area (TPSA) is 26.3 Å². The number of ether oxygens (including phenoxy) is 1. The van der Waals surface area contributed by atoms with Crippen LogP contribution in [0.2, 0.25) is 0 Å². The Balaban J connectivity index is 1.58. The lowest BCUT2D eigenvalue weighted by Crippen LogP contribution is -1.96. The van der Waals surface area contributed by atoms with E-state index in [0.717, 1.165) is 5.39 Å². The molecule has 1 aromatic carbocycles. The van der Waals surface area contributed by atoms with E-state index in [2.05, 4.69) is 64.1 Å². The minimum atomic E-state index is -0.264. The summed E-state index contributed by atoms with van der Waals surface area (Å²) in [6.45, 7) is 8.74. The van der Waals surface area contributed by atoms with E-state index in [4.69, 9.17) is 4.74 Å². The molecule has 6 aromatic heterocycles. The highest BCUT2D eigenvalue weighted by molar-refractivity contribution is 7.33. The van der Waals surface area contributed by atoms with Crippen LogP contribution in [-0.4, -0.2) is 13.1 Å². The van der Waals surface area contributed by atoms with Crippen molar-refractivity contribution in [2.75, 3.05) is 7.11 Å². The number of methoxy groups -OCH3 is 1. The van der Waals surface area contributed by atoms with Gasteiger partial charge in [0.2, 0.25) is 0 Å². The predicted molar refractivity (Wildman–Crippen MR) is 173 cm³/mol. The van der Waals surface area contributed by atoms with Gasteiger partial charge in [0.15, 0.2) is 0 Å². The van der Waals surface area contributed by atoms with E-state index in [1.54, 1.807) is 11.3 Å². The van der Waals surface area contributed by atoms with Gasteiger partial charge in [-0.15, -0.1) is 68.0 Å². The minimum absolute atomic E-state index is 0.264. The van der Waals surface area contributed by atoms with Crippen LogP contribution in [0, 0.1) is 27.7 Å². The third-order valence-corrected chi connectivity index (χ3v) is 13.7. The zero-order valence-corrected chi connectivity index (χ0v) is 26.2. The first kappa shape index (κ1) is 24.7. The van der Waals surface area contributed by atoms with Crippen LogP contribution in [0.15, 0.2) is 42.5 Å². The lowest BCUT2D eigenvalue weighted by Gasteiger charge is -2.11. The monoisotopic (exact) mass is 606 g/mol. The molecule has 0 spiro atoms. The van der Waals surface area contributed by atoms with Gasteiger partial charge >= 0.3 is 5.97 Å². The predicted octanol–water partition coefficient (Wildman–Crippen LogP) is 11.5. The van der Waals surface area contributed by atoms with Gasteiger partial charge in [0, 0.05) is 61.4 Å². The number of hydrogen-bond donors (Lipinski definition) is 0. The van der Waals surface area contributed by atoms with Crippen LogP contribution in [0.4, 0.5) is 0 Å². The molecule has 8 heteroatoms. The van der Waals surface area contributed by atoms with Crippen LogP contribution in [0.3, 0.4) is 0 Å². The fourth-order valence-corrected chi connectivity index (χ4v) is 11.9. The van der Waals surface area contributed by atoms with E-state index >= 15 is 0 Å². The molecule has 0 radical (unpaired) electrons. The highest BCUT2D eigenvalue weighted by atomic mass is 32.1. The molecule has 0 atom stereocenters. The van der Waals surface area contributed by atoms with Crippen molar-refractivity contribution >= 4 is 104 Å². The van der Waals surface area contributed by atoms with Crippen molar-refractivity contribution in [3.8, 4) is 30.6 Å². The molecular formula is C30H22O2S6. The normalized spacial score (nSPS) is 11.9. The average Bonchev–Trinajstić information content (AvgIpc) is 3.71. The molecule has 6 heterocycles. The molecule has 0 saturated carbocycles. The smallest absolute Gasteiger partial charge is 0.348 e. The molecule has 7 aromatic rings. The Morgan fingerprint density at radius 2 is 1.24 bits per heavy atom. The lowest BCUT2D eigenvalue weighted by atomic mass is 9.96. The van der Waals surface area contributed by atoms with E-state index in [1.165, 1.54) is 82.1 Å². The van der Waals surface area contributed by atoms with Gasteiger partial charge in [0.25, 0.3) is 0 Å². The van der Waals surface area contributed by atoms with Crippen molar-refractivity contribution in [1.82, 2.24) is 0 Å². The van der Waals surface area contributed by atoms with Crippen molar-refractivity contribution in [2.45, 2.75) is 27.7 Å². The summed E-state index contributed by atoms with van der Waals surface area (Å²) >= 11 is 10.9. The molecule has 0 aliphatic rings. The maximum atomic E-state index is 12.3. The zero-order chi connectivity index (χ0) is 26.3. The molecule has 0 N–H and O–H groups in total. The second-order valence-corrected chi connectivity index (χ2v) is 16.5. The van der Waals surface area contributed by atoms with Gasteiger partial charge in [0.05, 0.1) is 26.1 Å². The maximum absolute atomic E-state index is 12.3. The Morgan fingerprint density at radius 3 is 1.84 bits per heavy atom. The molecule has 0 aliphatic heterocycles. The first-order chi connectivity index (χ1) is 18.3. The van der Waals surface area contributed by atoms with Crippen LogP contribution in [0.1, 0.15) is 29.2 Å². The van der Waals surface area contributed by atoms with Gasteiger partial charge in [0.1, 0.15) is 4.88 Å². The van der Waals surface area contributed by atoms with E-state index in [9.17, 15) is 4.79 Å². The molecule has 38 heavy (non-hydrogen) atoms. The number of fused-ring (bicyclic) bond motifs is 4. The summed E-state index contributed by atoms with van der Waals surface area (Å²) in [5, 5.41) is 3.84. The molecule has 0 amide bonds. The summed E-state index contributed by atoms with van der Waals surface area (Å²) in [6.07, 6.45) is 0. The summed E-state index contributed by atoms with van der Waals surface area (Å²) in [5.74, 6) is -0.264. The molecule has 0 fully saturated rings. The van der Waals surface area contributed by atoms with Crippen molar-refractivity contribution in [3.63, 3.8) is 0 Å². The molecule has 190 valence electrons. The number of hydrogen-bond acceptors (Lipinski definition) is 8.